The molecule has 3 heteroatoms. The number of nitrogens with one attached hydrogen (secondary N) is 1. The molecule has 1 aromatic rings. The first-order valence-electron chi connectivity index (χ1n) is 5.98. The van der Waals surface area contributed by atoms with Crippen molar-refractivity contribution in [1.29, 1.82) is 5.26 Å². The van der Waals surface area contributed by atoms with E-state index in [1.54, 1.807) is 0 Å². The SMILES string of the molecule is CCc1ccc(C(=O)NC(CC)CC#N)cc1. The molecule has 0 saturated heterocycles. The third-order valence-electron chi connectivity index (χ3n) is 2.79. The maximum absolute atomic E-state index is 11.9. The van der Waals surface area contributed by atoms with Crippen molar-refractivity contribution in [2.24, 2.45) is 0 Å². The van der Waals surface area contributed by atoms with Gasteiger partial charge < -0.3 is 5.32 Å². The lowest BCUT2D eigenvalue weighted by Crippen LogP contribution is -2.34. The summed E-state index contributed by atoms with van der Waals surface area (Å²) in [6.07, 6.45) is 2.09. The monoisotopic (exact) mass is 230 g/mol. The van der Waals surface area contributed by atoms with E-state index in [9.17, 15) is 4.79 Å². The standard InChI is InChI=1S/C14H18N2O/c1-3-11-5-7-12(8-6-11)14(17)16-13(4-2)9-10-15/h5-8,13H,3-4,9H2,1-2H3,(H,16,17). The minimum absolute atomic E-state index is 0.0571. The molecule has 0 aliphatic carbocycles. The van der Waals surface area contributed by atoms with E-state index >= 15 is 0 Å². The molecule has 1 atom stereocenters. The van der Waals surface area contributed by atoms with Crippen molar-refractivity contribution in [1.82, 2.24) is 5.32 Å². The van der Waals surface area contributed by atoms with Gasteiger partial charge in [0.2, 0.25) is 0 Å². The fourth-order valence-electron chi connectivity index (χ4n) is 1.57. The average molecular weight is 230 g/mol. The molecule has 0 fully saturated rings. The smallest absolute Gasteiger partial charge is 0.251 e. The van der Waals surface area contributed by atoms with Crippen LogP contribution in [0.2, 0.25) is 0 Å². The van der Waals surface area contributed by atoms with E-state index < -0.39 is 0 Å². The van der Waals surface area contributed by atoms with Gasteiger partial charge in [-0.1, -0.05) is 26.0 Å². The largest absolute Gasteiger partial charge is 0.348 e. The number of hydrogen-bond acceptors (Lipinski definition) is 2. The highest BCUT2D eigenvalue weighted by Gasteiger charge is 2.11. The third kappa shape index (κ3) is 3.92. The fourth-order valence-corrected chi connectivity index (χ4v) is 1.57. The Balaban J connectivity index is 2.65. The van der Waals surface area contributed by atoms with E-state index in [-0.39, 0.29) is 11.9 Å². The Morgan fingerprint density at radius 3 is 2.47 bits per heavy atom. The number of rotatable bonds is 5. The zero-order valence-electron chi connectivity index (χ0n) is 10.4. The van der Waals surface area contributed by atoms with E-state index in [2.05, 4.69) is 18.3 Å². The van der Waals surface area contributed by atoms with Crippen molar-refractivity contribution in [3.05, 3.63) is 35.4 Å². The van der Waals surface area contributed by atoms with Gasteiger partial charge in [0.25, 0.3) is 5.91 Å². The van der Waals surface area contributed by atoms with Crippen molar-refractivity contribution in [3.8, 4) is 6.07 Å². The predicted molar refractivity (Wildman–Crippen MR) is 67.6 cm³/mol. The molecule has 17 heavy (non-hydrogen) atoms. The minimum atomic E-state index is -0.102. The van der Waals surface area contributed by atoms with Crippen molar-refractivity contribution in [3.63, 3.8) is 0 Å². The molecule has 0 aromatic heterocycles. The highest BCUT2D eigenvalue weighted by Crippen LogP contribution is 2.06. The third-order valence-corrected chi connectivity index (χ3v) is 2.79. The molecule has 0 heterocycles. The Morgan fingerprint density at radius 2 is 2.00 bits per heavy atom. The van der Waals surface area contributed by atoms with E-state index in [4.69, 9.17) is 5.26 Å². The Morgan fingerprint density at radius 1 is 1.35 bits per heavy atom. The summed E-state index contributed by atoms with van der Waals surface area (Å²) in [6.45, 7) is 4.04. The van der Waals surface area contributed by atoms with Crippen LogP contribution in [0.15, 0.2) is 24.3 Å². The van der Waals surface area contributed by atoms with Gasteiger partial charge in [-0.2, -0.15) is 5.26 Å². The number of nitriles is 1. The van der Waals surface area contributed by atoms with Crippen LogP contribution in [0.4, 0.5) is 0 Å². The van der Waals surface area contributed by atoms with E-state index in [1.807, 2.05) is 31.2 Å². The van der Waals surface area contributed by atoms with Crippen LogP contribution in [0, 0.1) is 11.3 Å². The number of carbonyl (C=O) groups excluding carboxylic acids is 1. The first-order chi connectivity index (χ1) is 8.21. The van der Waals surface area contributed by atoms with Crippen LogP contribution in [-0.4, -0.2) is 11.9 Å². The summed E-state index contributed by atoms with van der Waals surface area (Å²) >= 11 is 0. The number of benzene rings is 1. The number of amides is 1. The van der Waals surface area contributed by atoms with E-state index in [0.717, 1.165) is 12.8 Å². The van der Waals surface area contributed by atoms with E-state index in [1.165, 1.54) is 5.56 Å². The van der Waals surface area contributed by atoms with Crippen LogP contribution in [0.25, 0.3) is 0 Å². The van der Waals surface area contributed by atoms with Crippen molar-refractivity contribution in [2.45, 2.75) is 39.2 Å². The van der Waals surface area contributed by atoms with Crippen LogP contribution >= 0.6 is 0 Å². The summed E-state index contributed by atoms with van der Waals surface area (Å²) in [7, 11) is 0. The summed E-state index contributed by atoms with van der Waals surface area (Å²) in [5.41, 5.74) is 1.87. The zero-order valence-corrected chi connectivity index (χ0v) is 10.4. The van der Waals surface area contributed by atoms with Crippen LogP contribution in [-0.2, 0) is 6.42 Å². The van der Waals surface area contributed by atoms with Crippen molar-refractivity contribution < 1.29 is 4.79 Å². The normalized spacial score (nSPS) is 11.6. The second-order valence-corrected chi connectivity index (χ2v) is 3.99. The molecule has 0 radical (unpaired) electrons. The first kappa shape index (κ1) is 13.2. The number of hydrogen-bond donors (Lipinski definition) is 1. The van der Waals surface area contributed by atoms with Gasteiger partial charge in [-0.05, 0) is 30.5 Å². The predicted octanol–water partition coefficient (Wildman–Crippen LogP) is 2.67. The zero-order chi connectivity index (χ0) is 12.7. The van der Waals surface area contributed by atoms with Gasteiger partial charge in [0.15, 0.2) is 0 Å². The molecule has 3 nitrogen and oxygen atoms in total. The fraction of sp³-hybridized carbons (Fsp3) is 0.429. The second kappa shape index (κ2) is 6.70. The minimum Gasteiger partial charge on any atom is -0.348 e. The van der Waals surface area contributed by atoms with Gasteiger partial charge in [-0.15, -0.1) is 0 Å². The van der Waals surface area contributed by atoms with Gasteiger partial charge in [-0.25, -0.2) is 0 Å². The van der Waals surface area contributed by atoms with Crippen molar-refractivity contribution >= 4 is 5.91 Å². The Labute approximate surface area is 102 Å². The van der Waals surface area contributed by atoms with Crippen LogP contribution in [0.3, 0.4) is 0 Å². The number of nitrogens with zero attached hydrogens (tertiary/aromatic N) is 1. The summed E-state index contributed by atoms with van der Waals surface area (Å²) in [4.78, 5) is 11.9. The average Bonchev–Trinajstić information content (AvgIpc) is 2.38. The number of carbonyl (C=O) groups is 1. The molecule has 0 aliphatic rings. The quantitative estimate of drug-likeness (QED) is 0.845. The second-order valence-electron chi connectivity index (χ2n) is 3.99. The van der Waals surface area contributed by atoms with Gasteiger partial charge in [0, 0.05) is 11.6 Å². The lowest BCUT2D eigenvalue weighted by molar-refractivity contribution is 0.0936. The lowest BCUT2D eigenvalue weighted by Gasteiger charge is -2.13. The molecular weight excluding hydrogens is 212 g/mol. The summed E-state index contributed by atoms with van der Waals surface area (Å²) in [5, 5.41) is 11.5. The van der Waals surface area contributed by atoms with Gasteiger partial charge >= 0.3 is 0 Å². The number of aryl methyl sites for hydroxylation is 1. The van der Waals surface area contributed by atoms with Gasteiger partial charge in [0.05, 0.1) is 12.5 Å². The summed E-state index contributed by atoms with van der Waals surface area (Å²) < 4.78 is 0. The molecular formula is C14H18N2O. The summed E-state index contributed by atoms with van der Waals surface area (Å²) in [5.74, 6) is -0.102. The van der Waals surface area contributed by atoms with E-state index in [0.29, 0.717) is 12.0 Å². The Bertz CT molecular complexity index is 403. The van der Waals surface area contributed by atoms with Gasteiger partial charge in [-0.3, -0.25) is 4.79 Å². The molecule has 0 spiro atoms. The molecule has 0 saturated carbocycles. The molecule has 1 aromatic carbocycles. The lowest BCUT2D eigenvalue weighted by atomic mass is 10.1. The topological polar surface area (TPSA) is 52.9 Å². The molecule has 1 N–H and O–H groups in total. The van der Waals surface area contributed by atoms with Crippen molar-refractivity contribution in [2.75, 3.05) is 0 Å². The Kier molecular flexibility index (Phi) is 5.22. The van der Waals surface area contributed by atoms with Crippen LogP contribution in [0.5, 0.6) is 0 Å². The molecule has 90 valence electrons. The highest BCUT2D eigenvalue weighted by molar-refractivity contribution is 5.94. The molecule has 1 unspecified atom stereocenters. The summed E-state index contributed by atoms with van der Waals surface area (Å²) in [6, 6.07) is 9.59. The maximum Gasteiger partial charge on any atom is 0.251 e. The molecule has 0 aliphatic heterocycles. The molecule has 1 amide bonds. The van der Waals surface area contributed by atoms with Gasteiger partial charge in [0.1, 0.15) is 0 Å². The van der Waals surface area contributed by atoms with Crippen LogP contribution in [0.1, 0.15) is 42.6 Å². The molecule has 1 rings (SSSR count). The molecule has 0 bridgehead atoms. The highest BCUT2D eigenvalue weighted by atomic mass is 16.1. The maximum atomic E-state index is 11.9. The van der Waals surface area contributed by atoms with Crippen LogP contribution < -0.4 is 5.32 Å². The Hall–Kier alpha value is -1.82. The first-order valence-corrected chi connectivity index (χ1v) is 5.98.